The van der Waals surface area contributed by atoms with Crippen molar-refractivity contribution in [3.63, 3.8) is 0 Å². The molecule has 1 aromatic carbocycles. The van der Waals surface area contributed by atoms with Gasteiger partial charge in [-0.3, -0.25) is 9.78 Å². The molecule has 1 aliphatic heterocycles. The monoisotopic (exact) mass is 346 g/mol. The number of aromatic nitrogens is 3. The lowest BCUT2D eigenvalue weighted by Gasteiger charge is -2.36. The molecular weight excluding hydrogens is 324 g/mol. The predicted molar refractivity (Wildman–Crippen MR) is 101 cm³/mol. The Bertz CT molecular complexity index is 955. The van der Waals surface area contributed by atoms with E-state index in [1.54, 1.807) is 6.20 Å². The second kappa shape index (κ2) is 6.83. The van der Waals surface area contributed by atoms with Gasteiger partial charge in [-0.05, 0) is 62.9 Å². The van der Waals surface area contributed by atoms with Gasteiger partial charge in [-0.1, -0.05) is 6.07 Å². The third-order valence-corrected chi connectivity index (χ3v) is 5.16. The molecule has 4 rings (SSSR count). The molecule has 5 nitrogen and oxygen atoms in total. The molecule has 3 aromatic rings. The van der Waals surface area contributed by atoms with E-state index in [9.17, 15) is 4.79 Å². The topological polar surface area (TPSA) is 59.0 Å². The summed E-state index contributed by atoms with van der Waals surface area (Å²) in [5.41, 5.74) is 5.19. The second-order valence-corrected chi connectivity index (χ2v) is 6.89. The van der Waals surface area contributed by atoms with Gasteiger partial charge in [0.15, 0.2) is 0 Å². The summed E-state index contributed by atoms with van der Waals surface area (Å²) >= 11 is 0. The normalized spacial score (nSPS) is 17.5. The van der Waals surface area contributed by atoms with E-state index in [2.05, 4.69) is 21.0 Å². The van der Waals surface area contributed by atoms with Crippen molar-refractivity contribution in [1.82, 2.24) is 19.9 Å². The maximum Gasteiger partial charge on any atom is 0.254 e. The molecule has 5 heteroatoms. The zero-order valence-corrected chi connectivity index (χ0v) is 15.1. The zero-order valence-electron chi connectivity index (χ0n) is 15.1. The molecule has 0 saturated carbocycles. The first-order valence-electron chi connectivity index (χ1n) is 9.09. The smallest absolute Gasteiger partial charge is 0.254 e. The maximum absolute atomic E-state index is 13.2. The van der Waals surface area contributed by atoms with Crippen molar-refractivity contribution in [3.05, 3.63) is 65.2 Å². The number of hydrogen-bond acceptors (Lipinski definition) is 4. The number of likely N-dealkylation sites (tertiary alicyclic amines) is 1. The van der Waals surface area contributed by atoms with E-state index < -0.39 is 0 Å². The Morgan fingerprint density at radius 3 is 2.65 bits per heavy atom. The Kier molecular flexibility index (Phi) is 4.37. The van der Waals surface area contributed by atoms with Gasteiger partial charge in [0.05, 0.1) is 28.5 Å². The van der Waals surface area contributed by atoms with E-state index in [0.717, 1.165) is 53.8 Å². The van der Waals surface area contributed by atoms with Crippen LogP contribution in [0.1, 0.15) is 52.6 Å². The van der Waals surface area contributed by atoms with Gasteiger partial charge in [0.1, 0.15) is 0 Å². The molecule has 0 N–H and O–H groups in total. The first-order chi connectivity index (χ1) is 12.6. The van der Waals surface area contributed by atoms with Gasteiger partial charge in [-0.2, -0.15) is 0 Å². The lowest BCUT2D eigenvalue weighted by molar-refractivity contribution is 0.0611. The van der Waals surface area contributed by atoms with E-state index in [0.29, 0.717) is 5.56 Å². The zero-order chi connectivity index (χ0) is 18.1. The summed E-state index contributed by atoms with van der Waals surface area (Å²) in [5, 5.41) is 0. The summed E-state index contributed by atoms with van der Waals surface area (Å²) in [6.07, 6.45) is 6.78. The molecule has 26 heavy (non-hydrogen) atoms. The Morgan fingerprint density at radius 2 is 1.88 bits per heavy atom. The Labute approximate surface area is 153 Å². The second-order valence-electron chi connectivity index (χ2n) is 6.89. The number of nitrogens with zero attached hydrogens (tertiary/aromatic N) is 4. The molecule has 1 saturated heterocycles. The van der Waals surface area contributed by atoms with Crippen LogP contribution in [-0.4, -0.2) is 32.3 Å². The number of fused-ring (bicyclic) bond motifs is 1. The lowest BCUT2D eigenvalue weighted by Crippen LogP contribution is -2.38. The average molecular weight is 346 g/mol. The minimum Gasteiger partial charge on any atom is -0.332 e. The molecule has 1 atom stereocenters. The molecule has 1 aliphatic rings. The van der Waals surface area contributed by atoms with Crippen LogP contribution >= 0.6 is 0 Å². The molecule has 1 amide bonds. The highest BCUT2D eigenvalue weighted by Gasteiger charge is 2.29. The van der Waals surface area contributed by atoms with Gasteiger partial charge in [0, 0.05) is 24.5 Å². The Hall–Kier alpha value is -2.82. The number of benzene rings is 1. The van der Waals surface area contributed by atoms with Crippen LogP contribution in [0.25, 0.3) is 11.0 Å². The largest absolute Gasteiger partial charge is 0.332 e. The molecular formula is C21H22N4O. The summed E-state index contributed by atoms with van der Waals surface area (Å²) in [6, 6.07) is 9.71. The highest BCUT2D eigenvalue weighted by Crippen LogP contribution is 2.32. The highest BCUT2D eigenvalue weighted by atomic mass is 16.2. The quantitative estimate of drug-likeness (QED) is 0.703. The van der Waals surface area contributed by atoms with Crippen molar-refractivity contribution >= 4 is 16.9 Å². The first-order valence-corrected chi connectivity index (χ1v) is 9.09. The molecule has 0 radical (unpaired) electrons. The van der Waals surface area contributed by atoms with E-state index in [-0.39, 0.29) is 11.9 Å². The minimum absolute atomic E-state index is 0.0560. The van der Waals surface area contributed by atoms with Crippen molar-refractivity contribution in [2.75, 3.05) is 6.54 Å². The standard InChI is InChI=1S/C21H22N4O/c1-14-15(2)24-19-12-16(8-9-18(19)23-14)21(26)25-11-4-3-7-20(25)17-6-5-10-22-13-17/h5-6,8-10,12-13,20H,3-4,7,11H2,1-2H3. The van der Waals surface area contributed by atoms with Crippen LogP contribution in [0.15, 0.2) is 42.7 Å². The van der Waals surface area contributed by atoms with Crippen molar-refractivity contribution < 1.29 is 4.79 Å². The van der Waals surface area contributed by atoms with Crippen LogP contribution in [0.5, 0.6) is 0 Å². The first kappa shape index (κ1) is 16.6. The van der Waals surface area contributed by atoms with E-state index >= 15 is 0 Å². The fourth-order valence-corrected chi connectivity index (χ4v) is 3.62. The SMILES string of the molecule is Cc1nc2ccc(C(=O)N3CCCCC3c3cccnc3)cc2nc1C. The summed E-state index contributed by atoms with van der Waals surface area (Å²) in [6.45, 7) is 4.67. The van der Waals surface area contributed by atoms with Gasteiger partial charge in [0.2, 0.25) is 0 Å². The summed E-state index contributed by atoms with van der Waals surface area (Å²) in [5.74, 6) is 0.0560. The van der Waals surface area contributed by atoms with Crippen molar-refractivity contribution in [3.8, 4) is 0 Å². The van der Waals surface area contributed by atoms with E-state index in [1.165, 1.54) is 0 Å². The van der Waals surface area contributed by atoms with Crippen molar-refractivity contribution in [1.29, 1.82) is 0 Å². The lowest BCUT2D eigenvalue weighted by atomic mass is 9.95. The number of amides is 1. The molecule has 1 fully saturated rings. The number of carbonyl (C=O) groups is 1. The molecule has 132 valence electrons. The number of piperidine rings is 1. The summed E-state index contributed by atoms with van der Waals surface area (Å²) in [4.78, 5) is 28.6. The van der Waals surface area contributed by atoms with Gasteiger partial charge in [-0.15, -0.1) is 0 Å². The average Bonchev–Trinajstić information content (AvgIpc) is 2.69. The van der Waals surface area contributed by atoms with Crippen LogP contribution < -0.4 is 0 Å². The van der Waals surface area contributed by atoms with Crippen molar-refractivity contribution in [2.24, 2.45) is 0 Å². The number of pyridine rings is 1. The van der Waals surface area contributed by atoms with E-state index in [1.807, 2.05) is 49.2 Å². The number of hydrogen-bond donors (Lipinski definition) is 0. The van der Waals surface area contributed by atoms with E-state index in [4.69, 9.17) is 0 Å². The van der Waals surface area contributed by atoms with Crippen LogP contribution in [0.4, 0.5) is 0 Å². The van der Waals surface area contributed by atoms with Crippen LogP contribution in [0, 0.1) is 13.8 Å². The maximum atomic E-state index is 13.2. The van der Waals surface area contributed by atoms with Crippen molar-refractivity contribution in [2.45, 2.75) is 39.2 Å². The molecule has 0 aliphatic carbocycles. The number of rotatable bonds is 2. The third-order valence-electron chi connectivity index (χ3n) is 5.16. The minimum atomic E-state index is 0.0560. The predicted octanol–water partition coefficient (Wildman–Crippen LogP) is 4.01. The van der Waals surface area contributed by atoms with Crippen LogP contribution in [0.3, 0.4) is 0 Å². The van der Waals surface area contributed by atoms with Gasteiger partial charge in [-0.25, -0.2) is 9.97 Å². The molecule has 3 heterocycles. The Morgan fingerprint density at radius 1 is 1.08 bits per heavy atom. The molecule has 0 bridgehead atoms. The Balaban J connectivity index is 1.69. The molecule has 2 aromatic heterocycles. The van der Waals surface area contributed by atoms with Gasteiger partial charge < -0.3 is 4.90 Å². The van der Waals surface area contributed by atoms with Crippen LogP contribution in [0.2, 0.25) is 0 Å². The number of aryl methyl sites for hydroxylation is 2. The highest BCUT2D eigenvalue weighted by molar-refractivity contribution is 5.97. The molecule has 0 spiro atoms. The van der Waals surface area contributed by atoms with Crippen LogP contribution in [-0.2, 0) is 0 Å². The van der Waals surface area contributed by atoms with Gasteiger partial charge >= 0.3 is 0 Å². The fraction of sp³-hybridized carbons (Fsp3) is 0.333. The molecule has 1 unspecified atom stereocenters. The number of carbonyl (C=O) groups excluding carboxylic acids is 1. The summed E-state index contributed by atoms with van der Waals surface area (Å²) in [7, 11) is 0. The fourth-order valence-electron chi connectivity index (χ4n) is 3.62. The summed E-state index contributed by atoms with van der Waals surface area (Å²) < 4.78 is 0. The van der Waals surface area contributed by atoms with Gasteiger partial charge in [0.25, 0.3) is 5.91 Å². The third kappa shape index (κ3) is 3.05.